The van der Waals surface area contributed by atoms with Gasteiger partial charge in [0.2, 0.25) is 0 Å². The number of ether oxygens (including phenoxy) is 1. The first-order chi connectivity index (χ1) is 35.3. The fourth-order valence-electron chi connectivity index (χ4n) is 10.1. The van der Waals surface area contributed by atoms with E-state index in [-0.39, 0.29) is 5.41 Å². The quantitative estimate of drug-likeness (QED) is 0.145. The lowest BCUT2D eigenvalue weighted by Gasteiger charge is -2.22. The van der Waals surface area contributed by atoms with Crippen LogP contribution in [-0.4, -0.2) is 19.5 Å². The highest BCUT2D eigenvalue weighted by atomic mass is 16.5. The van der Waals surface area contributed by atoms with E-state index in [1.54, 1.807) is 0 Å². The van der Waals surface area contributed by atoms with Crippen molar-refractivity contribution in [2.45, 2.75) is 39.5 Å². The first-order valence-corrected chi connectivity index (χ1v) is 24.7. The third-order valence-corrected chi connectivity index (χ3v) is 13.8. The van der Waals surface area contributed by atoms with Crippen LogP contribution in [0.4, 0.5) is 0 Å². The molecule has 72 heavy (non-hydrogen) atoms. The van der Waals surface area contributed by atoms with Gasteiger partial charge in [-0.05, 0) is 99.8 Å². The van der Waals surface area contributed by atoms with Crippen LogP contribution in [-0.2, 0) is 11.8 Å². The normalized spacial score (nSPS) is 13.2. The average Bonchev–Trinajstić information content (AvgIpc) is 4.00. The summed E-state index contributed by atoms with van der Waals surface area (Å²) in [4.78, 5) is 15.9. The van der Waals surface area contributed by atoms with E-state index in [1.165, 1.54) is 38.6 Å². The Morgan fingerprint density at radius 3 is 1.47 bits per heavy atom. The molecule has 0 amide bonds. The zero-order valence-electron chi connectivity index (χ0n) is 40.8. The van der Waals surface area contributed by atoms with Gasteiger partial charge >= 0.3 is 0 Å². The Balaban J connectivity index is 1.14. The fourth-order valence-corrected chi connectivity index (χ4v) is 10.1. The zero-order valence-corrected chi connectivity index (χ0v) is 40.8. The smallest absolute Gasteiger partial charge is 0.164 e. The maximum absolute atomic E-state index is 6.36. The van der Waals surface area contributed by atoms with Crippen molar-refractivity contribution >= 4 is 27.4 Å². The minimum Gasteiger partial charge on any atom is -0.461 e. The Labute approximate surface area is 421 Å². The SMILES string of the molecule is C/C=C(\C=C1/Cc2ccccc2O1)c1nc(-c2ccccc2)nc(-c2cc(-c3ccccc3)c(-n3c4ccc(-c5ccccc5)cc4c4cc(-c5ccccc5)ccc43)c(-c3ccc(C(C)(C)C)cc3)c2)n1. The van der Waals surface area contributed by atoms with Crippen molar-refractivity contribution < 1.29 is 4.74 Å². The summed E-state index contributed by atoms with van der Waals surface area (Å²) < 4.78 is 8.85. The molecule has 0 atom stereocenters. The highest BCUT2D eigenvalue weighted by Crippen LogP contribution is 2.45. The lowest BCUT2D eigenvalue weighted by Crippen LogP contribution is -2.10. The lowest BCUT2D eigenvalue weighted by molar-refractivity contribution is 0.447. The molecule has 11 aromatic rings. The first kappa shape index (κ1) is 44.3. The van der Waals surface area contributed by atoms with Crippen molar-refractivity contribution in [1.82, 2.24) is 19.5 Å². The number of hydrogen-bond donors (Lipinski definition) is 0. The van der Waals surface area contributed by atoms with Crippen LogP contribution in [0.2, 0.25) is 0 Å². The van der Waals surface area contributed by atoms with Crippen LogP contribution in [0.25, 0.3) is 100 Å². The molecule has 3 heterocycles. The monoisotopic (exact) mass is 928 g/mol. The maximum atomic E-state index is 6.36. The topological polar surface area (TPSA) is 52.8 Å². The molecule has 0 saturated carbocycles. The number of fused-ring (bicyclic) bond motifs is 4. The van der Waals surface area contributed by atoms with Crippen LogP contribution in [0.5, 0.6) is 5.75 Å². The molecule has 0 N–H and O–H groups in total. The Morgan fingerprint density at radius 1 is 0.472 bits per heavy atom. The number of aromatic nitrogens is 4. The molecule has 1 aliphatic rings. The van der Waals surface area contributed by atoms with Gasteiger partial charge in [0.05, 0.1) is 16.7 Å². The van der Waals surface area contributed by atoms with Crippen LogP contribution in [0.1, 0.15) is 44.6 Å². The number of benzene rings is 9. The Bertz CT molecular complexity index is 3740. The summed E-state index contributed by atoms with van der Waals surface area (Å²) in [6, 6.07) is 78.1. The van der Waals surface area contributed by atoms with E-state index < -0.39 is 0 Å². The second kappa shape index (κ2) is 18.4. The third-order valence-electron chi connectivity index (χ3n) is 13.8. The van der Waals surface area contributed by atoms with Crippen LogP contribution < -0.4 is 4.74 Å². The molecule has 0 radical (unpaired) electrons. The molecule has 346 valence electrons. The van der Waals surface area contributed by atoms with Crippen LogP contribution in [0, 0.1) is 0 Å². The summed E-state index contributed by atoms with van der Waals surface area (Å²) in [5.41, 5.74) is 17.3. The van der Waals surface area contributed by atoms with Crippen molar-refractivity contribution in [3.63, 3.8) is 0 Å². The van der Waals surface area contributed by atoms with E-state index in [9.17, 15) is 0 Å². The second-order valence-corrected chi connectivity index (χ2v) is 19.6. The van der Waals surface area contributed by atoms with Crippen LogP contribution in [0.3, 0.4) is 0 Å². The van der Waals surface area contributed by atoms with Crippen molar-refractivity contribution in [3.05, 3.63) is 253 Å². The molecule has 2 aromatic heterocycles. The van der Waals surface area contributed by atoms with Crippen molar-refractivity contribution in [2.75, 3.05) is 0 Å². The number of nitrogens with zero attached hydrogens (tertiary/aromatic N) is 4. The molecular weight excluding hydrogens is 877 g/mol. The molecule has 12 rings (SSSR count). The molecule has 9 aromatic carbocycles. The summed E-state index contributed by atoms with van der Waals surface area (Å²) in [7, 11) is 0. The van der Waals surface area contributed by atoms with Gasteiger partial charge in [-0.25, -0.2) is 15.0 Å². The molecule has 0 unspecified atom stereocenters. The van der Waals surface area contributed by atoms with Gasteiger partial charge in [-0.2, -0.15) is 0 Å². The third kappa shape index (κ3) is 8.39. The van der Waals surface area contributed by atoms with Crippen LogP contribution in [0.15, 0.2) is 236 Å². The molecule has 0 fully saturated rings. The van der Waals surface area contributed by atoms with E-state index in [4.69, 9.17) is 19.7 Å². The Morgan fingerprint density at radius 2 is 0.944 bits per heavy atom. The standard InChI is InChI=1S/C67H52N4O/c1-5-44(38-55-39-52-28-18-19-29-62(52)72-55)64-68-65(49-26-16-9-17-27-49)70-66(69-64)53-42-56(47-24-14-8-15-25-47)63(57(43-53)48-30-34-54(35-31-48)67(2,3)4)71-60-36-32-50(45-20-10-6-11-21-45)40-58(60)59-41-51(33-37-61(59)71)46-22-12-7-13-23-46/h5-38,40-43H,39H2,1-4H3/b44-5+,55-38+. The van der Waals surface area contributed by atoms with Gasteiger partial charge in [0, 0.05) is 50.6 Å². The van der Waals surface area contributed by atoms with E-state index in [1.807, 2.05) is 37.3 Å². The van der Waals surface area contributed by atoms with Crippen molar-refractivity contribution in [3.8, 4) is 78.7 Å². The van der Waals surface area contributed by atoms with Gasteiger partial charge in [-0.15, -0.1) is 0 Å². The molecule has 0 spiro atoms. The van der Waals surface area contributed by atoms with E-state index in [0.29, 0.717) is 23.9 Å². The largest absolute Gasteiger partial charge is 0.461 e. The Kier molecular flexibility index (Phi) is 11.3. The average molecular weight is 929 g/mol. The number of allylic oxidation sites excluding steroid dienone is 4. The predicted octanol–water partition coefficient (Wildman–Crippen LogP) is 17.2. The van der Waals surface area contributed by atoms with Gasteiger partial charge < -0.3 is 9.30 Å². The molecule has 1 aliphatic heterocycles. The number of para-hydroxylation sites is 1. The summed E-state index contributed by atoms with van der Waals surface area (Å²) in [5, 5.41) is 2.36. The summed E-state index contributed by atoms with van der Waals surface area (Å²) in [6.45, 7) is 8.83. The minimum absolute atomic E-state index is 0.0284. The minimum atomic E-state index is -0.0284. The fraction of sp³-hybridized carbons (Fsp3) is 0.0896. The molecule has 0 aliphatic carbocycles. The summed E-state index contributed by atoms with van der Waals surface area (Å²) >= 11 is 0. The second-order valence-electron chi connectivity index (χ2n) is 19.6. The van der Waals surface area contributed by atoms with Crippen LogP contribution >= 0.6 is 0 Å². The number of rotatable bonds is 9. The van der Waals surface area contributed by atoms with E-state index in [2.05, 4.69) is 226 Å². The Hall–Kier alpha value is -8.93. The molecule has 5 heteroatoms. The highest BCUT2D eigenvalue weighted by molar-refractivity contribution is 6.13. The van der Waals surface area contributed by atoms with Gasteiger partial charge in [0.15, 0.2) is 17.5 Å². The maximum Gasteiger partial charge on any atom is 0.164 e. The van der Waals surface area contributed by atoms with E-state index in [0.717, 1.165) is 72.7 Å². The molecule has 0 saturated heterocycles. The van der Waals surface area contributed by atoms with Gasteiger partial charge in [-0.1, -0.05) is 203 Å². The van der Waals surface area contributed by atoms with Gasteiger partial charge in [0.1, 0.15) is 11.5 Å². The predicted molar refractivity (Wildman–Crippen MR) is 298 cm³/mol. The first-order valence-electron chi connectivity index (χ1n) is 24.7. The van der Waals surface area contributed by atoms with Gasteiger partial charge in [-0.3, -0.25) is 0 Å². The van der Waals surface area contributed by atoms with Gasteiger partial charge in [0.25, 0.3) is 0 Å². The summed E-state index contributed by atoms with van der Waals surface area (Å²) in [6.07, 6.45) is 4.83. The van der Waals surface area contributed by atoms with Crippen molar-refractivity contribution in [1.29, 1.82) is 0 Å². The highest BCUT2D eigenvalue weighted by Gasteiger charge is 2.25. The molecule has 5 nitrogen and oxygen atoms in total. The molecular formula is C67H52N4O. The van der Waals surface area contributed by atoms with Crippen molar-refractivity contribution in [2.24, 2.45) is 0 Å². The number of hydrogen-bond acceptors (Lipinski definition) is 4. The molecule has 0 bridgehead atoms. The zero-order chi connectivity index (χ0) is 48.8. The summed E-state index contributed by atoms with van der Waals surface area (Å²) in [5.74, 6) is 3.47. The lowest BCUT2D eigenvalue weighted by atomic mass is 9.85. The van der Waals surface area contributed by atoms with E-state index >= 15 is 0 Å².